The molecule has 4 aromatic rings. The fourth-order valence-corrected chi connectivity index (χ4v) is 3.55. The van der Waals surface area contributed by atoms with Gasteiger partial charge in [0, 0.05) is 10.6 Å². The second-order valence-corrected chi connectivity index (χ2v) is 7.16. The van der Waals surface area contributed by atoms with Crippen LogP contribution >= 0.6 is 35.1 Å². The fraction of sp³-hybridized carbons (Fsp3) is 0.0625. The quantitative estimate of drug-likeness (QED) is 0.492. The van der Waals surface area contributed by atoms with Crippen molar-refractivity contribution in [2.45, 2.75) is 5.16 Å². The first kappa shape index (κ1) is 17.0. The number of aromatic nitrogens is 5. The Bertz CT molecular complexity index is 1060. The lowest BCUT2D eigenvalue weighted by Gasteiger charge is -2.04. The van der Waals surface area contributed by atoms with Gasteiger partial charge in [-0.15, -0.1) is 5.10 Å². The van der Waals surface area contributed by atoms with Gasteiger partial charge in [0.25, 0.3) is 0 Å². The van der Waals surface area contributed by atoms with Gasteiger partial charge in [-0.25, -0.2) is 4.98 Å². The Morgan fingerprint density at radius 3 is 2.88 bits per heavy atom. The van der Waals surface area contributed by atoms with Crippen molar-refractivity contribution in [3.63, 3.8) is 0 Å². The molecule has 4 rings (SSSR count). The summed E-state index contributed by atoms with van der Waals surface area (Å²) in [6, 6.07) is 12.8. The van der Waals surface area contributed by atoms with Gasteiger partial charge in [0.05, 0.1) is 23.2 Å². The highest BCUT2D eigenvalue weighted by molar-refractivity contribution is 7.99. The van der Waals surface area contributed by atoms with Crippen LogP contribution < -0.4 is 5.32 Å². The van der Waals surface area contributed by atoms with E-state index in [1.807, 2.05) is 24.3 Å². The van der Waals surface area contributed by atoms with Gasteiger partial charge in [-0.1, -0.05) is 29.4 Å². The predicted molar refractivity (Wildman–Crippen MR) is 104 cm³/mol. The van der Waals surface area contributed by atoms with Crippen LogP contribution in [0.3, 0.4) is 0 Å². The number of rotatable bonds is 5. The topological polar surface area (TPSA) is 96.5 Å². The molecule has 0 unspecified atom stereocenters. The van der Waals surface area contributed by atoms with Crippen LogP contribution in [0.4, 0.5) is 5.69 Å². The molecule has 2 aromatic heterocycles. The van der Waals surface area contributed by atoms with Crippen molar-refractivity contribution in [3.8, 4) is 11.4 Å². The lowest BCUT2D eigenvalue weighted by atomic mass is 10.2. The Balaban J connectivity index is 1.39. The van der Waals surface area contributed by atoms with Crippen molar-refractivity contribution < 1.29 is 4.79 Å². The number of carbonyl (C=O) groups excluding carboxylic acids is 1. The largest absolute Gasteiger partial charge is 0.323 e. The van der Waals surface area contributed by atoms with Crippen molar-refractivity contribution in [1.82, 2.24) is 23.9 Å². The molecule has 0 aliphatic heterocycles. The zero-order chi connectivity index (χ0) is 17.9. The van der Waals surface area contributed by atoms with E-state index in [2.05, 4.69) is 29.2 Å². The second-order valence-electron chi connectivity index (χ2n) is 5.25. The molecule has 0 atom stereocenters. The minimum Gasteiger partial charge on any atom is -0.323 e. The third-order valence-corrected chi connectivity index (χ3v) is 5.12. The van der Waals surface area contributed by atoms with Gasteiger partial charge in [0.2, 0.25) is 11.1 Å². The zero-order valence-electron chi connectivity index (χ0n) is 13.1. The van der Waals surface area contributed by atoms with E-state index in [9.17, 15) is 4.79 Å². The number of amides is 1. The van der Waals surface area contributed by atoms with Crippen LogP contribution in [-0.2, 0) is 4.79 Å². The van der Waals surface area contributed by atoms with Crippen molar-refractivity contribution in [2.24, 2.45) is 0 Å². The minimum absolute atomic E-state index is 0.159. The number of fused-ring (bicyclic) bond motifs is 1. The normalized spacial score (nSPS) is 11.0. The van der Waals surface area contributed by atoms with Crippen LogP contribution in [0.2, 0.25) is 5.02 Å². The maximum Gasteiger partial charge on any atom is 0.234 e. The van der Waals surface area contributed by atoms with E-state index in [0.29, 0.717) is 27.2 Å². The molecular formula is C16H11ClN6OS2. The molecule has 0 aliphatic carbocycles. The number of anilines is 1. The number of hydrogen-bond donors (Lipinski definition) is 2. The maximum atomic E-state index is 12.2. The molecule has 0 fully saturated rings. The third-order valence-electron chi connectivity index (χ3n) is 3.48. The van der Waals surface area contributed by atoms with Crippen molar-refractivity contribution in [1.29, 1.82) is 0 Å². The van der Waals surface area contributed by atoms with Gasteiger partial charge in [-0.3, -0.25) is 9.89 Å². The van der Waals surface area contributed by atoms with Crippen LogP contribution in [0.15, 0.2) is 47.6 Å². The van der Waals surface area contributed by atoms with Crippen molar-refractivity contribution in [2.75, 3.05) is 11.1 Å². The highest BCUT2D eigenvalue weighted by Crippen LogP contribution is 2.23. The average Bonchev–Trinajstić information content (AvgIpc) is 3.30. The van der Waals surface area contributed by atoms with E-state index in [4.69, 9.17) is 11.6 Å². The summed E-state index contributed by atoms with van der Waals surface area (Å²) in [6.07, 6.45) is 0. The molecule has 0 saturated heterocycles. The summed E-state index contributed by atoms with van der Waals surface area (Å²) >= 11 is 8.25. The Morgan fingerprint density at radius 1 is 1.19 bits per heavy atom. The van der Waals surface area contributed by atoms with Crippen LogP contribution in [0.5, 0.6) is 0 Å². The van der Waals surface area contributed by atoms with Crippen LogP contribution in [0.25, 0.3) is 22.4 Å². The summed E-state index contributed by atoms with van der Waals surface area (Å²) in [7, 11) is 0. The van der Waals surface area contributed by atoms with E-state index in [0.717, 1.165) is 22.8 Å². The van der Waals surface area contributed by atoms with E-state index in [-0.39, 0.29) is 11.7 Å². The summed E-state index contributed by atoms with van der Waals surface area (Å²) in [6.45, 7) is 0. The number of carbonyl (C=O) groups is 1. The Labute approximate surface area is 161 Å². The molecule has 2 N–H and O–H groups in total. The number of hydrogen-bond acceptors (Lipinski definition) is 7. The lowest BCUT2D eigenvalue weighted by molar-refractivity contribution is -0.113. The maximum absolute atomic E-state index is 12.2. The molecule has 0 radical (unpaired) electrons. The summed E-state index contributed by atoms with van der Waals surface area (Å²) < 4.78 is 8.36. The summed E-state index contributed by atoms with van der Waals surface area (Å²) in [5.74, 6) is 0.655. The van der Waals surface area contributed by atoms with Gasteiger partial charge in [0.15, 0.2) is 5.82 Å². The lowest BCUT2D eigenvalue weighted by Crippen LogP contribution is -2.14. The molecule has 26 heavy (non-hydrogen) atoms. The second kappa shape index (κ2) is 7.40. The highest BCUT2D eigenvalue weighted by Gasteiger charge is 2.11. The van der Waals surface area contributed by atoms with Gasteiger partial charge in [0.1, 0.15) is 11.0 Å². The number of halogens is 1. The van der Waals surface area contributed by atoms with Gasteiger partial charge >= 0.3 is 0 Å². The van der Waals surface area contributed by atoms with Gasteiger partial charge in [-0.2, -0.15) is 8.75 Å². The summed E-state index contributed by atoms with van der Waals surface area (Å²) in [5.41, 5.74) is 2.99. The molecule has 130 valence electrons. The van der Waals surface area contributed by atoms with E-state index in [1.165, 1.54) is 11.8 Å². The average molecular weight is 403 g/mol. The van der Waals surface area contributed by atoms with Crippen molar-refractivity contribution >= 4 is 57.7 Å². The molecule has 7 nitrogen and oxygen atoms in total. The first-order valence-corrected chi connectivity index (χ1v) is 9.61. The fourth-order valence-electron chi connectivity index (χ4n) is 2.27. The molecule has 0 aliphatic rings. The van der Waals surface area contributed by atoms with Crippen LogP contribution in [0, 0.1) is 0 Å². The molecule has 0 saturated carbocycles. The first-order valence-electron chi connectivity index (χ1n) is 7.51. The number of nitrogens with one attached hydrogen (secondary N) is 2. The monoisotopic (exact) mass is 402 g/mol. The van der Waals surface area contributed by atoms with E-state index in [1.54, 1.807) is 18.2 Å². The van der Waals surface area contributed by atoms with Gasteiger partial charge in [-0.05, 0) is 36.4 Å². The molecule has 0 spiro atoms. The number of aromatic amines is 1. The van der Waals surface area contributed by atoms with Crippen LogP contribution in [0.1, 0.15) is 0 Å². The number of benzene rings is 2. The van der Waals surface area contributed by atoms with E-state index < -0.39 is 0 Å². The molecule has 1 amide bonds. The zero-order valence-corrected chi connectivity index (χ0v) is 15.5. The molecule has 2 aromatic carbocycles. The molecule has 0 bridgehead atoms. The minimum atomic E-state index is -0.159. The smallest absolute Gasteiger partial charge is 0.234 e. The number of nitrogens with zero attached hydrogens (tertiary/aromatic N) is 4. The van der Waals surface area contributed by atoms with Crippen molar-refractivity contribution in [3.05, 3.63) is 47.5 Å². The summed E-state index contributed by atoms with van der Waals surface area (Å²) in [4.78, 5) is 16.6. The highest BCUT2D eigenvalue weighted by atomic mass is 35.5. The first-order chi connectivity index (χ1) is 12.7. The SMILES string of the molecule is O=C(CSc1n[nH]c(-c2ccc(Cl)cc2)n1)Nc1cccc2nsnc12. The summed E-state index contributed by atoms with van der Waals surface area (Å²) in [5, 5.41) is 11.0. The van der Waals surface area contributed by atoms with E-state index >= 15 is 0 Å². The molecular weight excluding hydrogens is 392 g/mol. The standard InChI is InChI=1S/C16H11ClN6OS2/c17-10-6-4-9(5-7-10)15-19-16(21-20-15)25-8-13(24)18-11-2-1-3-12-14(11)23-26-22-12/h1-7H,8H2,(H,18,24)(H,19,20,21). The Kier molecular flexibility index (Phi) is 4.83. The van der Waals surface area contributed by atoms with Crippen LogP contribution in [-0.4, -0.2) is 35.6 Å². The Hall–Kier alpha value is -2.49. The van der Waals surface area contributed by atoms with Gasteiger partial charge < -0.3 is 5.32 Å². The molecule has 2 heterocycles. The number of thioether (sulfide) groups is 1. The molecule has 10 heteroatoms. The number of H-pyrrole nitrogens is 1. The third kappa shape index (κ3) is 3.69. The predicted octanol–water partition coefficient (Wildman–Crippen LogP) is 3.86. The Morgan fingerprint density at radius 2 is 2.04 bits per heavy atom.